The number of carboxylic acids is 1. The summed E-state index contributed by atoms with van der Waals surface area (Å²) in [7, 11) is 0. The van der Waals surface area contributed by atoms with E-state index in [0.29, 0.717) is 3.53 Å². The lowest BCUT2D eigenvalue weighted by Crippen LogP contribution is -2.08. The Morgan fingerprint density at radius 3 is 1.62 bits per heavy atom. The molecule has 0 aliphatic rings. The fourth-order valence-corrected chi connectivity index (χ4v) is 2.06. The molecule has 0 aromatic carbocycles. The number of thiocarbonyl (C=S) groups is 1. The molecule has 0 radical (unpaired) electrons. The average molecular weight is 353 g/mol. The van der Waals surface area contributed by atoms with Gasteiger partial charge in [0.15, 0.2) is 0 Å². The summed E-state index contributed by atoms with van der Waals surface area (Å²) in [4.78, 5) is 10.6. The molecule has 0 rings (SSSR count). The second kappa shape index (κ2) is 18.3. The SMILES string of the molecule is CCCCCCCCCCCCC(C)C(=O)O.S=C(S)S. The highest BCUT2D eigenvalue weighted by Crippen LogP contribution is 2.13. The lowest BCUT2D eigenvalue weighted by Gasteiger charge is -2.05. The third-order valence-corrected chi connectivity index (χ3v) is 3.41. The molecule has 5 heteroatoms. The molecule has 1 N–H and O–H groups in total. The Balaban J connectivity index is 0. The van der Waals surface area contributed by atoms with Crippen molar-refractivity contribution in [2.24, 2.45) is 5.92 Å². The van der Waals surface area contributed by atoms with Gasteiger partial charge in [0.25, 0.3) is 0 Å². The summed E-state index contributed by atoms with van der Waals surface area (Å²) in [5.74, 6) is -0.815. The minimum absolute atomic E-state index is 0.163. The van der Waals surface area contributed by atoms with Gasteiger partial charge in [0.1, 0.15) is 0 Å². The smallest absolute Gasteiger partial charge is 0.306 e. The van der Waals surface area contributed by atoms with Crippen LogP contribution >= 0.6 is 37.5 Å². The maximum absolute atomic E-state index is 10.6. The molecule has 0 bridgehead atoms. The molecular weight excluding hydrogens is 320 g/mol. The van der Waals surface area contributed by atoms with Crippen LogP contribution < -0.4 is 0 Å². The van der Waals surface area contributed by atoms with Crippen molar-refractivity contribution in [2.75, 3.05) is 0 Å². The molecule has 21 heavy (non-hydrogen) atoms. The van der Waals surface area contributed by atoms with Gasteiger partial charge in [-0.3, -0.25) is 4.79 Å². The zero-order valence-electron chi connectivity index (χ0n) is 13.5. The first-order chi connectivity index (χ1) is 9.91. The van der Waals surface area contributed by atoms with Gasteiger partial charge in [-0.1, -0.05) is 90.3 Å². The Kier molecular flexibility index (Phi) is 20.5. The van der Waals surface area contributed by atoms with Crippen LogP contribution in [0.2, 0.25) is 0 Å². The van der Waals surface area contributed by atoms with Crippen molar-refractivity contribution < 1.29 is 9.90 Å². The minimum Gasteiger partial charge on any atom is -0.481 e. The molecule has 0 saturated carbocycles. The van der Waals surface area contributed by atoms with E-state index < -0.39 is 5.97 Å². The topological polar surface area (TPSA) is 37.3 Å². The molecule has 0 saturated heterocycles. The monoisotopic (exact) mass is 352 g/mol. The summed E-state index contributed by atoms with van der Waals surface area (Å²) < 4.78 is 0.389. The van der Waals surface area contributed by atoms with Crippen LogP contribution in [0.5, 0.6) is 0 Å². The van der Waals surface area contributed by atoms with Crippen molar-refractivity contribution in [3.63, 3.8) is 0 Å². The summed E-state index contributed by atoms with van der Waals surface area (Å²) in [6, 6.07) is 0. The number of aliphatic carboxylic acids is 1. The molecule has 0 aliphatic heterocycles. The Morgan fingerprint density at radius 2 is 1.29 bits per heavy atom. The van der Waals surface area contributed by atoms with Crippen LogP contribution in [0.1, 0.15) is 84.5 Å². The molecule has 0 aliphatic carbocycles. The highest BCUT2D eigenvalue weighted by atomic mass is 32.2. The van der Waals surface area contributed by atoms with E-state index in [2.05, 4.69) is 44.4 Å². The zero-order chi connectivity index (χ0) is 16.5. The Labute approximate surface area is 147 Å². The second-order valence-electron chi connectivity index (χ2n) is 5.49. The van der Waals surface area contributed by atoms with Crippen molar-refractivity contribution in [1.29, 1.82) is 0 Å². The molecule has 1 atom stereocenters. The third kappa shape index (κ3) is 25.6. The normalized spacial score (nSPS) is 11.4. The second-order valence-corrected chi connectivity index (χ2v) is 7.75. The van der Waals surface area contributed by atoms with Crippen LogP contribution in [0.4, 0.5) is 0 Å². The number of rotatable bonds is 12. The molecule has 2 nitrogen and oxygen atoms in total. The highest BCUT2D eigenvalue weighted by molar-refractivity contribution is 8.34. The van der Waals surface area contributed by atoms with Crippen molar-refractivity contribution >= 4 is 47.0 Å². The molecule has 0 heterocycles. The zero-order valence-corrected chi connectivity index (χ0v) is 16.1. The molecule has 1 unspecified atom stereocenters. The molecule has 0 aromatic rings. The molecule has 0 aromatic heterocycles. The van der Waals surface area contributed by atoms with Gasteiger partial charge < -0.3 is 5.11 Å². The van der Waals surface area contributed by atoms with Crippen LogP contribution in [0.15, 0.2) is 0 Å². The highest BCUT2D eigenvalue weighted by Gasteiger charge is 2.09. The van der Waals surface area contributed by atoms with Gasteiger partial charge in [-0.05, 0) is 6.42 Å². The number of thiol groups is 2. The molecule has 0 amide bonds. The van der Waals surface area contributed by atoms with Gasteiger partial charge in [0.05, 0.1) is 9.45 Å². The van der Waals surface area contributed by atoms with Crippen LogP contribution in [-0.4, -0.2) is 14.6 Å². The van der Waals surface area contributed by atoms with E-state index >= 15 is 0 Å². The van der Waals surface area contributed by atoms with E-state index in [4.69, 9.17) is 5.11 Å². The van der Waals surface area contributed by atoms with Crippen LogP contribution in [0.3, 0.4) is 0 Å². The number of carboxylic acid groups (broad SMARTS) is 1. The van der Waals surface area contributed by atoms with E-state index in [1.165, 1.54) is 57.8 Å². The molecule has 0 spiro atoms. The maximum Gasteiger partial charge on any atom is 0.306 e. The van der Waals surface area contributed by atoms with Gasteiger partial charge in [-0.2, -0.15) is 0 Å². The van der Waals surface area contributed by atoms with Crippen LogP contribution in [-0.2, 0) is 4.79 Å². The number of hydrogen-bond donors (Lipinski definition) is 3. The van der Waals surface area contributed by atoms with Crippen LogP contribution in [0, 0.1) is 5.92 Å². The molecular formula is C16H32O2S3. The van der Waals surface area contributed by atoms with Gasteiger partial charge in [-0.15, -0.1) is 25.3 Å². The fourth-order valence-electron chi connectivity index (χ4n) is 2.06. The van der Waals surface area contributed by atoms with Crippen LogP contribution in [0.25, 0.3) is 0 Å². The number of hydrogen-bond acceptors (Lipinski definition) is 2. The summed E-state index contributed by atoms with van der Waals surface area (Å²) in [5.41, 5.74) is 0. The predicted octanol–water partition coefficient (Wildman–Crippen LogP) is 6.15. The quantitative estimate of drug-likeness (QED) is 0.224. The fraction of sp³-hybridized carbons (Fsp3) is 0.875. The maximum atomic E-state index is 10.6. The van der Waals surface area contributed by atoms with Gasteiger partial charge in [-0.25, -0.2) is 0 Å². The third-order valence-electron chi connectivity index (χ3n) is 3.41. The lowest BCUT2D eigenvalue weighted by atomic mass is 10.0. The lowest BCUT2D eigenvalue weighted by molar-refractivity contribution is -0.141. The van der Waals surface area contributed by atoms with E-state index in [9.17, 15) is 4.79 Å². The van der Waals surface area contributed by atoms with Crippen molar-refractivity contribution in [1.82, 2.24) is 0 Å². The Hall–Kier alpha value is 0.260. The molecule has 0 fully saturated rings. The summed E-state index contributed by atoms with van der Waals surface area (Å²) in [5, 5.41) is 8.73. The Morgan fingerprint density at radius 1 is 0.952 bits per heavy atom. The standard InChI is InChI=1S/C15H30O2.CH2S3/c1-3-4-5-6-7-8-9-10-11-12-13-14(2)15(16)17;2-1(3)4/h14H,3-13H2,1-2H3,(H,16,17);(H2,2,3,4). The van der Waals surface area contributed by atoms with Gasteiger partial charge in [0, 0.05) is 0 Å². The van der Waals surface area contributed by atoms with E-state index in [-0.39, 0.29) is 5.92 Å². The summed E-state index contributed by atoms with van der Waals surface area (Å²) >= 11 is 11.4. The summed E-state index contributed by atoms with van der Waals surface area (Å²) in [6.07, 6.45) is 13.9. The van der Waals surface area contributed by atoms with E-state index in [1.54, 1.807) is 6.92 Å². The van der Waals surface area contributed by atoms with Crippen molar-refractivity contribution in [3.8, 4) is 0 Å². The number of carbonyl (C=O) groups is 1. The van der Waals surface area contributed by atoms with Gasteiger partial charge in [0.2, 0.25) is 0 Å². The van der Waals surface area contributed by atoms with Crippen molar-refractivity contribution in [3.05, 3.63) is 0 Å². The minimum atomic E-state index is -0.652. The summed E-state index contributed by atoms with van der Waals surface area (Å²) in [6.45, 7) is 4.05. The largest absolute Gasteiger partial charge is 0.481 e. The van der Waals surface area contributed by atoms with Gasteiger partial charge >= 0.3 is 5.97 Å². The Bertz CT molecular complexity index is 254. The van der Waals surface area contributed by atoms with Crippen molar-refractivity contribution in [2.45, 2.75) is 84.5 Å². The van der Waals surface area contributed by atoms with E-state index in [1.807, 2.05) is 0 Å². The first kappa shape index (κ1) is 23.5. The number of unbranched alkanes of at least 4 members (excludes halogenated alkanes) is 9. The molecule has 126 valence electrons. The van der Waals surface area contributed by atoms with E-state index in [0.717, 1.165) is 12.8 Å². The first-order valence-electron chi connectivity index (χ1n) is 8.06. The average Bonchev–Trinajstić information content (AvgIpc) is 2.40. The predicted molar refractivity (Wildman–Crippen MR) is 104 cm³/mol. The first-order valence-corrected chi connectivity index (χ1v) is 9.36.